The SMILES string of the molecule is CCCCCCCCCCCCCCCCCCOCB(O)O. The van der Waals surface area contributed by atoms with Gasteiger partial charge in [0.2, 0.25) is 0 Å². The fourth-order valence-corrected chi connectivity index (χ4v) is 2.94. The standard InChI is InChI=1S/C19H41BO3/c1-2-3-4-5-6-7-8-9-10-11-12-13-14-15-16-17-18-23-19-20(21)22/h21-22H,2-19H2,1H3. The van der Waals surface area contributed by atoms with Crippen LogP contribution in [0.4, 0.5) is 0 Å². The van der Waals surface area contributed by atoms with Crippen LogP contribution in [0.2, 0.25) is 0 Å². The van der Waals surface area contributed by atoms with E-state index < -0.39 is 7.12 Å². The van der Waals surface area contributed by atoms with Crippen LogP contribution in [0.25, 0.3) is 0 Å². The third-order valence-corrected chi connectivity index (χ3v) is 4.41. The molecule has 3 nitrogen and oxygen atoms in total. The Labute approximate surface area is 145 Å². The van der Waals surface area contributed by atoms with E-state index in [1.54, 1.807) is 0 Å². The van der Waals surface area contributed by atoms with Crippen LogP contribution in [0.15, 0.2) is 0 Å². The van der Waals surface area contributed by atoms with Gasteiger partial charge in [0.25, 0.3) is 0 Å². The van der Waals surface area contributed by atoms with E-state index in [-0.39, 0.29) is 6.51 Å². The van der Waals surface area contributed by atoms with Crippen molar-refractivity contribution in [1.29, 1.82) is 0 Å². The molecule has 0 aromatic carbocycles. The van der Waals surface area contributed by atoms with Crippen molar-refractivity contribution in [2.45, 2.75) is 110 Å². The van der Waals surface area contributed by atoms with Gasteiger partial charge in [-0.3, -0.25) is 0 Å². The highest BCUT2D eigenvalue weighted by molar-refractivity contribution is 6.40. The molecule has 0 aliphatic carbocycles. The van der Waals surface area contributed by atoms with Crippen LogP contribution in [0.3, 0.4) is 0 Å². The Kier molecular flexibility index (Phi) is 19.9. The van der Waals surface area contributed by atoms with Crippen molar-refractivity contribution in [2.24, 2.45) is 0 Å². The van der Waals surface area contributed by atoms with Crippen molar-refractivity contribution in [3.63, 3.8) is 0 Å². The lowest BCUT2D eigenvalue weighted by Gasteiger charge is -2.04. The van der Waals surface area contributed by atoms with Gasteiger partial charge in [0.1, 0.15) is 0 Å². The number of ether oxygens (including phenoxy) is 1. The molecule has 138 valence electrons. The molecule has 0 radical (unpaired) electrons. The largest absolute Gasteiger partial charge is 0.479 e. The van der Waals surface area contributed by atoms with E-state index in [4.69, 9.17) is 14.8 Å². The Hall–Kier alpha value is -0.0551. The normalized spacial score (nSPS) is 11.1. The summed E-state index contributed by atoms with van der Waals surface area (Å²) < 4.78 is 5.11. The zero-order valence-corrected chi connectivity index (χ0v) is 15.6. The highest BCUT2D eigenvalue weighted by Gasteiger charge is 2.04. The lowest BCUT2D eigenvalue weighted by molar-refractivity contribution is 0.149. The molecule has 0 unspecified atom stereocenters. The van der Waals surface area contributed by atoms with E-state index in [0.717, 1.165) is 6.42 Å². The summed E-state index contributed by atoms with van der Waals surface area (Å²) in [5.41, 5.74) is 0. The van der Waals surface area contributed by atoms with E-state index in [0.29, 0.717) is 6.61 Å². The minimum absolute atomic E-state index is 0.0404. The average molecular weight is 328 g/mol. The Balaban J connectivity index is 2.95. The second-order valence-corrected chi connectivity index (χ2v) is 6.86. The molecule has 0 atom stereocenters. The van der Waals surface area contributed by atoms with E-state index >= 15 is 0 Å². The van der Waals surface area contributed by atoms with Crippen LogP contribution in [0.1, 0.15) is 110 Å². The van der Waals surface area contributed by atoms with Crippen molar-refractivity contribution in [3.05, 3.63) is 0 Å². The van der Waals surface area contributed by atoms with Crippen LogP contribution in [-0.4, -0.2) is 30.3 Å². The molecule has 2 N–H and O–H groups in total. The second kappa shape index (κ2) is 20.0. The lowest BCUT2D eigenvalue weighted by Crippen LogP contribution is -2.20. The van der Waals surface area contributed by atoms with Crippen molar-refractivity contribution in [3.8, 4) is 0 Å². The number of rotatable bonds is 19. The van der Waals surface area contributed by atoms with Crippen LogP contribution in [0, 0.1) is 0 Å². The van der Waals surface area contributed by atoms with Crippen molar-refractivity contribution < 1.29 is 14.8 Å². The third-order valence-electron chi connectivity index (χ3n) is 4.41. The lowest BCUT2D eigenvalue weighted by atomic mass is 9.95. The van der Waals surface area contributed by atoms with Gasteiger partial charge in [-0.15, -0.1) is 0 Å². The average Bonchev–Trinajstić information content (AvgIpc) is 2.53. The van der Waals surface area contributed by atoms with E-state index in [1.807, 2.05) is 0 Å². The predicted molar refractivity (Wildman–Crippen MR) is 101 cm³/mol. The van der Waals surface area contributed by atoms with Crippen molar-refractivity contribution in [2.75, 3.05) is 13.1 Å². The van der Waals surface area contributed by atoms with Gasteiger partial charge in [-0.1, -0.05) is 103 Å². The monoisotopic (exact) mass is 328 g/mol. The third kappa shape index (κ3) is 21.9. The van der Waals surface area contributed by atoms with Gasteiger partial charge in [0.05, 0.1) is 6.51 Å². The summed E-state index contributed by atoms with van der Waals surface area (Å²) in [6.07, 6.45) is 21.8. The molecular weight excluding hydrogens is 287 g/mol. The molecule has 0 aliphatic rings. The Morgan fingerprint density at radius 3 is 1.26 bits per heavy atom. The summed E-state index contributed by atoms with van der Waals surface area (Å²) in [7, 11) is -1.32. The molecule has 0 saturated carbocycles. The summed E-state index contributed by atoms with van der Waals surface area (Å²) in [5, 5.41) is 17.2. The van der Waals surface area contributed by atoms with E-state index in [9.17, 15) is 0 Å². The highest BCUT2D eigenvalue weighted by Crippen LogP contribution is 2.13. The van der Waals surface area contributed by atoms with Crippen LogP contribution in [0.5, 0.6) is 0 Å². The maximum Gasteiger partial charge on any atom is 0.479 e. The fraction of sp³-hybridized carbons (Fsp3) is 1.00. The quantitative estimate of drug-likeness (QED) is 0.251. The second-order valence-electron chi connectivity index (χ2n) is 6.86. The summed E-state index contributed by atoms with van der Waals surface area (Å²) in [6, 6.07) is 0. The molecule has 0 aromatic rings. The molecule has 0 fully saturated rings. The minimum Gasteiger partial charge on any atom is -0.426 e. The molecule has 4 heteroatoms. The van der Waals surface area contributed by atoms with Gasteiger partial charge >= 0.3 is 7.12 Å². The van der Waals surface area contributed by atoms with Gasteiger partial charge in [-0.05, 0) is 6.42 Å². The first-order valence-corrected chi connectivity index (χ1v) is 10.2. The number of hydrogen-bond donors (Lipinski definition) is 2. The maximum absolute atomic E-state index is 8.62. The fourth-order valence-electron chi connectivity index (χ4n) is 2.94. The Bertz CT molecular complexity index is 213. The van der Waals surface area contributed by atoms with Crippen LogP contribution in [-0.2, 0) is 4.74 Å². The summed E-state index contributed by atoms with van der Waals surface area (Å²) >= 11 is 0. The van der Waals surface area contributed by atoms with Gasteiger partial charge in [-0.2, -0.15) is 0 Å². The predicted octanol–water partition coefficient (Wildman–Crippen LogP) is 5.28. The number of hydrogen-bond acceptors (Lipinski definition) is 3. The molecule has 0 heterocycles. The van der Waals surface area contributed by atoms with E-state index in [1.165, 1.54) is 96.3 Å². The zero-order valence-electron chi connectivity index (χ0n) is 15.6. The molecule has 0 spiro atoms. The van der Waals surface area contributed by atoms with Gasteiger partial charge in [0, 0.05) is 6.61 Å². The van der Waals surface area contributed by atoms with Gasteiger partial charge < -0.3 is 14.8 Å². The minimum atomic E-state index is -1.32. The van der Waals surface area contributed by atoms with Crippen LogP contribution < -0.4 is 0 Å². The maximum atomic E-state index is 8.62. The first kappa shape index (κ1) is 22.9. The van der Waals surface area contributed by atoms with E-state index in [2.05, 4.69) is 6.92 Å². The summed E-state index contributed by atoms with van der Waals surface area (Å²) in [4.78, 5) is 0. The molecule has 0 saturated heterocycles. The smallest absolute Gasteiger partial charge is 0.426 e. The van der Waals surface area contributed by atoms with Gasteiger partial charge in [0.15, 0.2) is 0 Å². The number of unbranched alkanes of at least 4 members (excludes halogenated alkanes) is 15. The molecule has 0 rings (SSSR count). The summed E-state index contributed by atoms with van der Waals surface area (Å²) in [5.74, 6) is 0. The summed E-state index contributed by atoms with van der Waals surface area (Å²) in [6.45, 7) is 2.97. The zero-order chi connectivity index (χ0) is 17.0. The Morgan fingerprint density at radius 1 is 0.565 bits per heavy atom. The van der Waals surface area contributed by atoms with Crippen LogP contribution >= 0.6 is 0 Å². The Morgan fingerprint density at radius 2 is 0.913 bits per heavy atom. The van der Waals surface area contributed by atoms with Crippen molar-refractivity contribution >= 4 is 7.12 Å². The highest BCUT2D eigenvalue weighted by atomic mass is 16.5. The molecule has 0 aromatic heterocycles. The van der Waals surface area contributed by atoms with Crippen molar-refractivity contribution in [1.82, 2.24) is 0 Å². The first-order valence-electron chi connectivity index (χ1n) is 10.2. The molecule has 23 heavy (non-hydrogen) atoms. The molecule has 0 bridgehead atoms. The first-order chi connectivity index (χ1) is 11.3. The molecule has 0 aliphatic heterocycles. The van der Waals surface area contributed by atoms with Gasteiger partial charge in [-0.25, -0.2) is 0 Å². The molecular formula is C19H41BO3. The molecule has 0 amide bonds. The topological polar surface area (TPSA) is 49.7 Å².